The summed E-state index contributed by atoms with van der Waals surface area (Å²) in [5.41, 5.74) is 0. The Balaban J connectivity index is 1.88. The van der Waals surface area contributed by atoms with Crippen LogP contribution in [0.3, 0.4) is 0 Å². The third-order valence-corrected chi connectivity index (χ3v) is 5.11. The van der Waals surface area contributed by atoms with Crippen molar-refractivity contribution in [3.63, 3.8) is 0 Å². The average Bonchev–Trinajstić information content (AvgIpc) is 3.10. The highest BCUT2D eigenvalue weighted by molar-refractivity contribution is 7.99. The Morgan fingerprint density at radius 1 is 1.35 bits per heavy atom. The zero-order valence-electron chi connectivity index (χ0n) is 11.0. The van der Waals surface area contributed by atoms with E-state index in [0.29, 0.717) is 0 Å². The summed E-state index contributed by atoms with van der Waals surface area (Å²) in [4.78, 5) is 1.16. The molecule has 20 heavy (non-hydrogen) atoms. The van der Waals surface area contributed by atoms with Crippen molar-refractivity contribution in [1.82, 2.24) is 5.32 Å². The van der Waals surface area contributed by atoms with Crippen LogP contribution in [-0.2, 0) is 0 Å². The van der Waals surface area contributed by atoms with Crippen molar-refractivity contribution in [2.24, 2.45) is 0 Å². The first-order valence-corrected chi connectivity index (χ1v) is 8.87. The van der Waals surface area contributed by atoms with Gasteiger partial charge >= 0.3 is 0 Å². The van der Waals surface area contributed by atoms with Gasteiger partial charge in [0.15, 0.2) is 0 Å². The van der Waals surface area contributed by atoms with Crippen molar-refractivity contribution in [3.8, 4) is 0 Å². The summed E-state index contributed by atoms with van der Waals surface area (Å²) in [5, 5.41) is 12.2. The van der Waals surface area contributed by atoms with Crippen LogP contribution in [0.1, 0.15) is 23.1 Å². The lowest BCUT2D eigenvalue weighted by atomic mass is 10.2. The predicted molar refractivity (Wildman–Crippen MR) is 86.9 cm³/mol. The van der Waals surface area contributed by atoms with Crippen molar-refractivity contribution in [2.45, 2.75) is 12.5 Å². The van der Waals surface area contributed by atoms with Gasteiger partial charge in [-0.3, -0.25) is 0 Å². The summed E-state index contributed by atoms with van der Waals surface area (Å²) >= 11 is 9.43. The Morgan fingerprint density at radius 2 is 2.25 bits per heavy atom. The molecule has 3 nitrogen and oxygen atoms in total. The summed E-state index contributed by atoms with van der Waals surface area (Å²) in [5.74, 6) is 2.91. The Kier molecular flexibility index (Phi) is 6.96. The number of hydrogen-bond acceptors (Lipinski definition) is 5. The van der Waals surface area contributed by atoms with E-state index in [9.17, 15) is 0 Å². The number of furan rings is 1. The SMILES string of the molecule is OCCCSCCNC(c1ccco1)c1ccc(Cl)s1. The molecule has 0 fully saturated rings. The second-order valence-electron chi connectivity index (χ2n) is 4.23. The van der Waals surface area contributed by atoms with Gasteiger partial charge in [0, 0.05) is 23.8 Å². The van der Waals surface area contributed by atoms with Crippen LogP contribution in [0.4, 0.5) is 0 Å². The fourth-order valence-electron chi connectivity index (χ4n) is 1.82. The van der Waals surface area contributed by atoms with Crippen LogP contribution in [0.5, 0.6) is 0 Å². The lowest BCUT2D eigenvalue weighted by Crippen LogP contribution is -2.23. The van der Waals surface area contributed by atoms with E-state index in [1.165, 1.54) is 0 Å². The first-order chi connectivity index (χ1) is 9.81. The summed E-state index contributed by atoms with van der Waals surface area (Å²) in [6, 6.07) is 7.88. The second-order valence-corrected chi connectivity index (χ2v) is 7.21. The lowest BCUT2D eigenvalue weighted by Gasteiger charge is -2.15. The molecule has 2 rings (SSSR count). The molecule has 0 saturated heterocycles. The molecular weight excluding hydrogens is 314 g/mol. The molecule has 0 bridgehead atoms. The number of thioether (sulfide) groups is 1. The molecule has 1 unspecified atom stereocenters. The molecule has 0 radical (unpaired) electrons. The summed E-state index contributed by atoms with van der Waals surface area (Å²) in [6.07, 6.45) is 2.54. The quantitative estimate of drug-likeness (QED) is 0.686. The Labute approximate surface area is 132 Å². The van der Waals surface area contributed by atoms with Gasteiger partial charge in [-0.25, -0.2) is 0 Å². The maximum Gasteiger partial charge on any atom is 0.126 e. The molecule has 1 atom stereocenters. The van der Waals surface area contributed by atoms with E-state index in [1.54, 1.807) is 17.6 Å². The van der Waals surface area contributed by atoms with Gasteiger partial charge in [0.05, 0.1) is 10.6 Å². The van der Waals surface area contributed by atoms with E-state index in [2.05, 4.69) is 5.32 Å². The molecule has 0 aromatic carbocycles. The minimum Gasteiger partial charge on any atom is -0.467 e. The minimum absolute atomic E-state index is 0.0564. The van der Waals surface area contributed by atoms with Crippen LogP contribution < -0.4 is 5.32 Å². The molecule has 110 valence electrons. The van der Waals surface area contributed by atoms with E-state index >= 15 is 0 Å². The Hall–Kier alpha value is -0.460. The minimum atomic E-state index is 0.0564. The van der Waals surface area contributed by atoms with Crippen molar-refractivity contribution in [1.29, 1.82) is 0 Å². The first-order valence-electron chi connectivity index (χ1n) is 6.52. The third kappa shape index (κ3) is 4.82. The number of aliphatic hydroxyl groups excluding tert-OH is 1. The largest absolute Gasteiger partial charge is 0.467 e. The highest BCUT2D eigenvalue weighted by atomic mass is 35.5. The van der Waals surface area contributed by atoms with Gasteiger partial charge in [0.25, 0.3) is 0 Å². The van der Waals surface area contributed by atoms with E-state index in [4.69, 9.17) is 21.1 Å². The zero-order chi connectivity index (χ0) is 14.2. The molecule has 2 aromatic rings. The van der Waals surface area contributed by atoms with E-state index in [0.717, 1.165) is 39.4 Å². The monoisotopic (exact) mass is 331 g/mol. The summed E-state index contributed by atoms with van der Waals surface area (Å²) in [7, 11) is 0. The van der Waals surface area contributed by atoms with Gasteiger partial charge in [0.2, 0.25) is 0 Å². The summed E-state index contributed by atoms with van der Waals surface area (Å²) in [6.45, 7) is 1.15. The van der Waals surface area contributed by atoms with Gasteiger partial charge in [-0.05, 0) is 36.4 Å². The van der Waals surface area contributed by atoms with Gasteiger partial charge in [-0.1, -0.05) is 11.6 Å². The van der Waals surface area contributed by atoms with Crippen LogP contribution >= 0.6 is 34.7 Å². The second kappa shape index (κ2) is 8.74. The molecule has 0 saturated carbocycles. The number of nitrogens with one attached hydrogen (secondary N) is 1. The first kappa shape index (κ1) is 15.9. The van der Waals surface area contributed by atoms with Gasteiger partial charge in [-0.15, -0.1) is 11.3 Å². The number of hydrogen-bond donors (Lipinski definition) is 2. The molecule has 0 amide bonds. The number of aliphatic hydroxyl groups is 1. The lowest BCUT2D eigenvalue weighted by molar-refractivity contribution is 0.296. The van der Waals surface area contributed by atoms with Crippen LogP contribution in [0.25, 0.3) is 0 Å². The zero-order valence-corrected chi connectivity index (χ0v) is 13.4. The number of thiophene rings is 1. The molecule has 0 aliphatic carbocycles. The van der Waals surface area contributed by atoms with Gasteiger partial charge < -0.3 is 14.8 Å². The molecular formula is C14H18ClNO2S2. The van der Waals surface area contributed by atoms with Crippen molar-refractivity contribution < 1.29 is 9.52 Å². The fraction of sp³-hybridized carbons (Fsp3) is 0.429. The Morgan fingerprint density at radius 3 is 2.90 bits per heavy atom. The van der Waals surface area contributed by atoms with Crippen molar-refractivity contribution >= 4 is 34.7 Å². The standard InChI is InChI=1S/C14H18ClNO2S2/c15-13-5-4-12(20-13)14(11-3-1-8-18-11)16-6-10-19-9-2-7-17/h1,3-5,8,14,16-17H,2,6-7,9-10H2. The van der Waals surface area contributed by atoms with E-state index in [-0.39, 0.29) is 12.6 Å². The highest BCUT2D eigenvalue weighted by Gasteiger charge is 2.17. The van der Waals surface area contributed by atoms with Crippen LogP contribution in [-0.4, -0.2) is 29.8 Å². The third-order valence-electron chi connectivity index (χ3n) is 2.75. The molecule has 0 aliphatic heterocycles. The van der Waals surface area contributed by atoms with E-state index in [1.807, 2.05) is 36.0 Å². The molecule has 2 heterocycles. The smallest absolute Gasteiger partial charge is 0.126 e. The highest BCUT2D eigenvalue weighted by Crippen LogP contribution is 2.31. The van der Waals surface area contributed by atoms with Crippen LogP contribution in [0, 0.1) is 0 Å². The van der Waals surface area contributed by atoms with Gasteiger partial charge in [-0.2, -0.15) is 11.8 Å². The molecule has 0 spiro atoms. The van der Waals surface area contributed by atoms with Crippen LogP contribution in [0.15, 0.2) is 34.9 Å². The van der Waals surface area contributed by atoms with Crippen molar-refractivity contribution in [2.75, 3.05) is 24.7 Å². The number of halogens is 1. The maximum atomic E-state index is 8.73. The topological polar surface area (TPSA) is 45.4 Å². The molecule has 6 heteroatoms. The average molecular weight is 332 g/mol. The predicted octanol–water partition coefficient (Wildman–Crippen LogP) is 3.79. The van der Waals surface area contributed by atoms with E-state index < -0.39 is 0 Å². The molecule has 0 aliphatic rings. The Bertz CT molecular complexity index is 487. The summed E-state index contributed by atoms with van der Waals surface area (Å²) < 4.78 is 6.30. The molecule has 2 N–H and O–H groups in total. The maximum absolute atomic E-state index is 8.73. The van der Waals surface area contributed by atoms with Gasteiger partial charge in [0.1, 0.15) is 11.8 Å². The van der Waals surface area contributed by atoms with Crippen molar-refractivity contribution in [3.05, 3.63) is 45.5 Å². The fourth-order valence-corrected chi connectivity index (χ4v) is 3.77. The number of rotatable bonds is 9. The van der Waals surface area contributed by atoms with Crippen LogP contribution in [0.2, 0.25) is 4.34 Å². The molecule has 2 aromatic heterocycles. The normalized spacial score (nSPS) is 12.7.